The first-order valence-corrected chi connectivity index (χ1v) is 11.7. The summed E-state index contributed by atoms with van der Waals surface area (Å²) in [5.74, 6) is -4.65. The number of benzene rings is 2. The summed E-state index contributed by atoms with van der Waals surface area (Å²) in [5.41, 5.74) is -1.37. The fourth-order valence-corrected chi connectivity index (χ4v) is 3.97. The van der Waals surface area contributed by atoms with E-state index >= 15 is 0 Å². The number of carbonyl (C=O) groups excluding carboxylic acids is 2. The number of hydrogen-bond acceptors (Lipinski definition) is 7. The van der Waals surface area contributed by atoms with Crippen LogP contribution in [0.3, 0.4) is 0 Å². The molecule has 4 rings (SSSR count). The number of halogens is 5. The second kappa shape index (κ2) is 11.5. The van der Waals surface area contributed by atoms with Crippen molar-refractivity contribution in [1.82, 2.24) is 26.1 Å². The zero-order valence-electron chi connectivity index (χ0n) is 20.4. The van der Waals surface area contributed by atoms with Crippen LogP contribution < -0.4 is 21.3 Å². The number of nitrogens with zero attached hydrogens (tertiary/aromatic N) is 2. The molecule has 11 nitrogen and oxygen atoms in total. The molecule has 2 heterocycles. The molecule has 1 aliphatic rings. The van der Waals surface area contributed by atoms with E-state index in [4.69, 9.17) is 5.11 Å². The van der Waals surface area contributed by atoms with E-state index in [1.807, 2.05) is 0 Å². The van der Waals surface area contributed by atoms with Crippen LogP contribution in [0.15, 0.2) is 41.5 Å². The van der Waals surface area contributed by atoms with E-state index in [-0.39, 0.29) is 24.6 Å². The first-order chi connectivity index (χ1) is 18.9. The number of nitrogens with one attached hydrogen (secondary N) is 5. The van der Waals surface area contributed by atoms with Gasteiger partial charge in [0.25, 0.3) is 5.91 Å². The third-order valence-electron chi connectivity index (χ3n) is 5.85. The molecule has 0 spiro atoms. The van der Waals surface area contributed by atoms with Crippen molar-refractivity contribution in [2.45, 2.75) is 24.8 Å². The molecule has 2 amide bonds. The Kier molecular flexibility index (Phi) is 8.16. The number of alkyl halides is 4. The first-order valence-electron chi connectivity index (χ1n) is 11.7. The second-order valence-electron chi connectivity index (χ2n) is 8.75. The maximum absolute atomic E-state index is 14.6. The molecule has 1 aromatic heterocycles. The number of aliphatic imine (C=N–C) groups is 1. The molecule has 40 heavy (non-hydrogen) atoms. The van der Waals surface area contributed by atoms with Gasteiger partial charge in [-0.25, -0.2) is 13.8 Å². The third kappa shape index (κ3) is 6.62. The summed E-state index contributed by atoms with van der Waals surface area (Å²) >= 11 is 0. The predicted molar refractivity (Wildman–Crippen MR) is 132 cm³/mol. The van der Waals surface area contributed by atoms with Gasteiger partial charge in [0.1, 0.15) is 12.0 Å². The van der Waals surface area contributed by atoms with E-state index in [9.17, 15) is 36.3 Å². The molecule has 16 heteroatoms. The third-order valence-corrected chi connectivity index (χ3v) is 5.85. The molecular formula is C24H22F5N7O4. The fraction of sp³-hybridized carbons (Fsp3) is 0.292. The zero-order valence-corrected chi connectivity index (χ0v) is 20.4. The zero-order chi connectivity index (χ0) is 29.0. The first kappa shape index (κ1) is 28.3. The Morgan fingerprint density at radius 3 is 2.65 bits per heavy atom. The molecule has 0 bridgehead atoms. The lowest BCUT2D eigenvalue weighted by Gasteiger charge is -2.20. The van der Waals surface area contributed by atoms with E-state index < -0.39 is 66.1 Å². The average Bonchev–Trinajstić information content (AvgIpc) is 3.36. The van der Waals surface area contributed by atoms with Crippen molar-refractivity contribution < 1.29 is 41.4 Å². The Morgan fingerprint density at radius 2 is 1.98 bits per heavy atom. The number of rotatable bonds is 8. The van der Waals surface area contributed by atoms with E-state index in [1.54, 1.807) is 0 Å². The van der Waals surface area contributed by atoms with Gasteiger partial charge in [-0.2, -0.15) is 18.3 Å². The van der Waals surface area contributed by atoms with E-state index in [0.717, 1.165) is 12.1 Å². The summed E-state index contributed by atoms with van der Waals surface area (Å²) < 4.78 is 67.3. The smallest absolute Gasteiger partial charge is 0.419 e. The summed E-state index contributed by atoms with van der Waals surface area (Å²) in [5, 5.41) is 26.6. The highest BCUT2D eigenvalue weighted by atomic mass is 19.4. The van der Waals surface area contributed by atoms with Crippen molar-refractivity contribution >= 4 is 40.3 Å². The molecule has 2 atom stereocenters. The summed E-state index contributed by atoms with van der Waals surface area (Å²) in [6, 6.07) is 3.55. The molecule has 0 fully saturated rings. The maximum atomic E-state index is 14.6. The summed E-state index contributed by atoms with van der Waals surface area (Å²) in [6.07, 6.45) is -5.60. The highest BCUT2D eigenvalue weighted by Gasteiger charge is 2.36. The second-order valence-corrected chi connectivity index (χ2v) is 8.75. The molecule has 3 aromatic rings. The minimum atomic E-state index is -5.04. The predicted octanol–water partition coefficient (Wildman–Crippen LogP) is 2.49. The Balaban J connectivity index is 1.47. The van der Waals surface area contributed by atoms with Crippen molar-refractivity contribution in [3.8, 4) is 0 Å². The lowest BCUT2D eigenvalue weighted by Crippen LogP contribution is -2.41. The number of aromatic nitrogens is 2. The molecule has 6 N–H and O–H groups in total. The lowest BCUT2D eigenvalue weighted by molar-refractivity contribution is -0.140. The normalized spacial score (nSPS) is 16.0. The molecule has 0 saturated carbocycles. The van der Waals surface area contributed by atoms with E-state index in [2.05, 4.69) is 36.5 Å². The van der Waals surface area contributed by atoms with Crippen molar-refractivity contribution in [1.29, 1.82) is 0 Å². The van der Waals surface area contributed by atoms with Crippen LogP contribution in [0.2, 0.25) is 0 Å². The number of carbonyl (C=O) groups is 3. The van der Waals surface area contributed by atoms with Gasteiger partial charge in [-0.15, -0.1) is 0 Å². The van der Waals surface area contributed by atoms with Crippen molar-refractivity contribution in [3.05, 3.63) is 59.0 Å². The van der Waals surface area contributed by atoms with Gasteiger partial charge in [-0.05, 0) is 18.2 Å². The lowest BCUT2D eigenvalue weighted by atomic mass is 9.99. The molecule has 0 radical (unpaired) electrons. The minimum absolute atomic E-state index is 0.0446. The Morgan fingerprint density at radius 1 is 1.20 bits per heavy atom. The number of guanidine groups is 1. The number of aliphatic carboxylic acids is 1. The number of anilines is 1. The van der Waals surface area contributed by atoms with Gasteiger partial charge in [0.2, 0.25) is 5.91 Å². The molecule has 212 valence electrons. The minimum Gasteiger partial charge on any atom is -0.481 e. The monoisotopic (exact) mass is 567 g/mol. The van der Waals surface area contributed by atoms with Gasteiger partial charge >= 0.3 is 12.1 Å². The highest BCUT2D eigenvalue weighted by Crippen LogP contribution is 2.34. The number of hydrogen-bond donors (Lipinski definition) is 6. The number of fused-ring (bicyclic) bond motifs is 1. The van der Waals surface area contributed by atoms with Crippen LogP contribution in [0.4, 0.5) is 27.6 Å². The molecule has 1 aliphatic heterocycles. The number of carboxylic acid groups (broad SMARTS) is 1. The van der Waals surface area contributed by atoms with E-state index in [0.29, 0.717) is 22.7 Å². The largest absolute Gasteiger partial charge is 0.481 e. The molecular weight excluding hydrogens is 545 g/mol. The Bertz CT molecular complexity index is 1470. The number of aromatic amines is 1. The van der Waals surface area contributed by atoms with Gasteiger partial charge in [0, 0.05) is 16.5 Å². The van der Waals surface area contributed by atoms with Gasteiger partial charge in [0.15, 0.2) is 5.96 Å². The number of amides is 2. The van der Waals surface area contributed by atoms with Crippen LogP contribution in [0, 0.1) is 5.82 Å². The standard InChI is InChI=1S/C24H22F5N7O4/c25-12-7-31-23(32-8-12)35-16-4-11(5-18-14(16)9-33-36-18)22(40)30-10-19(37)34-17(6-20(38)39)13-2-1-3-15(21(13)26)24(27,28)29/h1-5,9,12,17H,6-8,10H2,(H,30,40)(H,33,36)(H,34,37)(H,38,39)(H2,31,32,35)/t17-/m0/s1. The molecule has 2 aromatic carbocycles. The summed E-state index contributed by atoms with van der Waals surface area (Å²) in [7, 11) is 0. The topological polar surface area (TPSA) is 161 Å². The van der Waals surface area contributed by atoms with Gasteiger partial charge in [-0.1, -0.05) is 12.1 Å². The highest BCUT2D eigenvalue weighted by molar-refractivity contribution is 6.07. The quantitative estimate of drug-likeness (QED) is 0.228. The van der Waals surface area contributed by atoms with Crippen LogP contribution >= 0.6 is 0 Å². The van der Waals surface area contributed by atoms with Crippen LogP contribution in [0.25, 0.3) is 10.9 Å². The maximum Gasteiger partial charge on any atom is 0.419 e. The van der Waals surface area contributed by atoms with Crippen LogP contribution in [-0.2, 0) is 15.8 Å². The van der Waals surface area contributed by atoms with Crippen molar-refractivity contribution in [3.63, 3.8) is 0 Å². The summed E-state index contributed by atoms with van der Waals surface area (Å²) in [4.78, 5) is 40.6. The Hall–Kier alpha value is -4.76. The fourth-order valence-electron chi connectivity index (χ4n) is 3.97. The van der Waals surface area contributed by atoms with Gasteiger partial charge in [0.05, 0.1) is 55.1 Å². The molecule has 1 unspecified atom stereocenters. The number of H-pyrrole nitrogens is 1. The average molecular weight is 567 g/mol. The van der Waals surface area contributed by atoms with Gasteiger partial charge in [-0.3, -0.25) is 19.5 Å². The van der Waals surface area contributed by atoms with Gasteiger partial charge < -0.3 is 26.4 Å². The SMILES string of the molecule is O=C(O)C[C@H](NC(=O)CNC(=O)c1cc(NC2=NCC(F)CN2)c2cn[nH]c2c1)c1cccc(C(F)(F)F)c1F. The number of carboxylic acids is 1. The van der Waals surface area contributed by atoms with E-state index in [1.165, 1.54) is 18.3 Å². The Labute approximate surface area is 222 Å². The van der Waals surface area contributed by atoms with Crippen molar-refractivity contribution in [2.75, 3.05) is 25.0 Å². The molecule has 0 saturated heterocycles. The van der Waals surface area contributed by atoms with Crippen molar-refractivity contribution in [2.24, 2.45) is 4.99 Å². The van der Waals surface area contributed by atoms with Crippen LogP contribution in [0.5, 0.6) is 0 Å². The van der Waals surface area contributed by atoms with Crippen LogP contribution in [0.1, 0.15) is 33.9 Å². The molecule has 0 aliphatic carbocycles. The van der Waals surface area contributed by atoms with Crippen LogP contribution in [-0.4, -0.2) is 64.9 Å². The summed E-state index contributed by atoms with van der Waals surface area (Å²) in [6.45, 7) is -0.708.